The number of hydrogen-bond acceptors (Lipinski definition) is 3. The van der Waals surface area contributed by atoms with Crippen LogP contribution in [0.25, 0.3) is 0 Å². The largest absolute Gasteiger partial charge is 0.492 e. The third-order valence-corrected chi connectivity index (χ3v) is 4.34. The molecule has 1 aliphatic carbocycles. The van der Waals surface area contributed by atoms with Crippen molar-refractivity contribution < 1.29 is 14.3 Å². The quantitative estimate of drug-likeness (QED) is 0.850. The fourth-order valence-corrected chi connectivity index (χ4v) is 2.77. The van der Waals surface area contributed by atoms with E-state index in [0.29, 0.717) is 10.8 Å². The van der Waals surface area contributed by atoms with Crippen molar-refractivity contribution in [3.63, 3.8) is 0 Å². The third kappa shape index (κ3) is 2.70. The van der Waals surface area contributed by atoms with Crippen LogP contribution in [-0.4, -0.2) is 35.5 Å². The van der Waals surface area contributed by atoms with E-state index in [2.05, 4.69) is 5.32 Å². The molecule has 1 saturated carbocycles. The van der Waals surface area contributed by atoms with E-state index in [-0.39, 0.29) is 31.0 Å². The summed E-state index contributed by atoms with van der Waals surface area (Å²) in [5, 5.41) is 3.45. The molecular weight excluding hydrogens is 292 g/mol. The Balaban J connectivity index is 1.56. The summed E-state index contributed by atoms with van der Waals surface area (Å²) in [6, 6.07) is 6.64. The summed E-state index contributed by atoms with van der Waals surface area (Å²) < 4.78 is 5.53. The lowest BCUT2D eigenvalue weighted by Crippen LogP contribution is -2.46. The highest BCUT2D eigenvalue weighted by atomic mass is 35.5. The predicted octanol–water partition coefficient (Wildman–Crippen LogP) is 2.44. The molecular formula is C15H17ClN2O3. The highest BCUT2D eigenvalue weighted by molar-refractivity contribution is 6.30. The van der Waals surface area contributed by atoms with Gasteiger partial charge in [0, 0.05) is 5.02 Å². The van der Waals surface area contributed by atoms with Crippen LogP contribution in [0.3, 0.4) is 0 Å². The predicted molar refractivity (Wildman–Crippen MR) is 78.3 cm³/mol. The molecule has 1 atom stereocenters. The number of imide groups is 1. The van der Waals surface area contributed by atoms with Gasteiger partial charge in [-0.3, -0.25) is 9.69 Å². The number of nitrogens with one attached hydrogen (secondary N) is 1. The topological polar surface area (TPSA) is 58.6 Å². The average molecular weight is 309 g/mol. The lowest BCUT2D eigenvalue weighted by Gasteiger charge is -2.21. The molecule has 5 nitrogen and oxygen atoms in total. The first-order chi connectivity index (χ1) is 10.0. The Kier molecular flexibility index (Phi) is 3.53. The van der Waals surface area contributed by atoms with E-state index in [9.17, 15) is 9.59 Å². The van der Waals surface area contributed by atoms with Gasteiger partial charge < -0.3 is 10.1 Å². The van der Waals surface area contributed by atoms with Crippen molar-refractivity contribution in [1.82, 2.24) is 10.2 Å². The molecule has 3 rings (SSSR count). The van der Waals surface area contributed by atoms with E-state index in [4.69, 9.17) is 16.3 Å². The zero-order valence-corrected chi connectivity index (χ0v) is 12.5. The number of amides is 3. The first kappa shape index (κ1) is 14.2. The summed E-state index contributed by atoms with van der Waals surface area (Å²) in [4.78, 5) is 25.6. The molecule has 21 heavy (non-hydrogen) atoms. The first-order valence-electron chi connectivity index (χ1n) is 7.03. The minimum absolute atomic E-state index is 0.144. The molecule has 0 bridgehead atoms. The molecule has 2 aliphatic rings. The Labute approximate surface area is 128 Å². The molecule has 1 aromatic rings. The molecule has 1 saturated heterocycles. The molecule has 3 amide bonds. The number of carbonyl (C=O) groups excluding carboxylic acids is 2. The van der Waals surface area contributed by atoms with Crippen LogP contribution < -0.4 is 10.1 Å². The lowest BCUT2D eigenvalue weighted by molar-refractivity contribution is -0.131. The Morgan fingerprint density at radius 3 is 2.62 bits per heavy atom. The SMILES string of the molecule is CC1(C2CC2)NC(=O)N(CCOc2ccc(Cl)cc2)C1=O. The maximum atomic E-state index is 12.4. The summed E-state index contributed by atoms with van der Waals surface area (Å²) >= 11 is 5.79. The minimum atomic E-state index is -0.725. The van der Waals surface area contributed by atoms with Gasteiger partial charge in [0.1, 0.15) is 17.9 Å². The van der Waals surface area contributed by atoms with Gasteiger partial charge in [0.15, 0.2) is 0 Å². The minimum Gasteiger partial charge on any atom is -0.492 e. The summed E-state index contributed by atoms with van der Waals surface area (Å²) in [6.07, 6.45) is 2.00. The van der Waals surface area contributed by atoms with Crippen molar-refractivity contribution in [3.05, 3.63) is 29.3 Å². The molecule has 0 radical (unpaired) electrons. The van der Waals surface area contributed by atoms with Gasteiger partial charge in [-0.05, 0) is 49.9 Å². The van der Waals surface area contributed by atoms with Crippen LogP contribution >= 0.6 is 11.6 Å². The summed E-state index contributed by atoms with van der Waals surface area (Å²) in [6.45, 7) is 2.32. The molecule has 0 aromatic heterocycles. The zero-order chi connectivity index (χ0) is 15.0. The van der Waals surface area contributed by atoms with E-state index in [0.717, 1.165) is 12.8 Å². The van der Waals surface area contributed by atoms with Crippen LogP contribution in [0.2, 0.25) is 5.02 Å². The Bertz CT molecular complexity index is 571. The Morgan fingerprint density at radius 2 is 2.00 bits per heavy atom. The van der Waals surface area contributed by atoms with Gasteiger partial charge in [-0.15, -0.1) is 0 Å². The second-order valence-electron chi connectivity index (χ2n) is 5.67. The highest BCUT2D eigenvalue weighted by Crippen LogP contribution is 2.42. The van der Waals surface area contributed by atoms with E-state index < -0.39 is 5.54 Å². The van der Waals surface area contributed by atoms with E-state index >= 15 is 0 Å². The molecule has 6 heteroatoms. The van der Waals surface area contributed by atoms with Crippen LogP contribution in [0, 0.1) is 5.92 Å². The van der Waals surface area contributed by atoms with Crippen molar-refractivity contribution in [2.24, 2.45) is 5.92 Å². The number of ether oxygens (including phenoxy) is 1. The van der Waals surface area contributed by atoms with Gasteiger partial charge in [-0.25, -0.2) is 4.79 Å². The number of halogens is 1. The number of urea groups is 1. The number of benzene rings is 1. The van der Waals surface area contributed by atoms with Crippen molar-refractivity contribution in [2.45, 2.75) is 25.3 Å². The molecule has 0 spiro atoms. The normalized spacial score (nSPS) is 25.1. The number of rotatable bonds is 5. The van der Waals surface area contributed by atoms with Crippen LogP contribution in [0.4, 0.5) is 4.79 Å². The monoisotopic (exact) mass is 308 g/mol. The zero-order valence-electron chi connectivity index (χ0n) is 11.8. The Morgan fingerprint density at radius 1 is 1.33 bits per heavy atom. The fraction of sp³-hybridized carbons (Fsp3) is 0.467. The number of nitrogens with zero attached hydrogens (tertiary/aromatic N) is 1. The van der Waals surface area contributed by atoms with Crippen molar-refractivity contribution in [2.75, 3.05) is 13.2 Å². The molecule has 2 fully saturated rings. The third-order valence-electron chi connectivity index (χ3n) is 4.09. The second kappa shape index (κ2) is 5.22. The lowest BCUT2D eigenvalue weighted by atomic mass is 9.96. The molecule has 1 aliphatic heterocycles. The molecule has 1 aromatic carbocycles. The standard InChI is InChI=1S/C15H17ClN2O3/c1-15(10-2-3-10)13(19)18(14(20)17-15)8-9-21-12-6-4-11(16)5-7-12/h4-7,10H,2-3,8-9H2,1H3,(H,17,20). The van der Waals surface area contributed by atoms with E-state index in [1.807, 2.05) is 6.92 Å². The van der Waals surface area contributed by atoms with Gasteiger partial charge in [0.25, 0.3) is 5.91 Å². The Hall–Kier alpha value is -1.75. The maximum Gasteiger partial charge on any atom is 0.325 e. The van der Waals surface area contributed by atoms with Gasteiger partial charge in [0.2, 0.25) is 0 Å². The summed E-state index contributed by atoms with van der Waals surface area (Å²) in [7, 11) is 0. The molecule has 1 heterocycles. The molecule has 1 unspecified atom stereocenters. The van der Waals surface area contributed by atoms with Crippen LogP contribution in [-0.2, 0) is 4.79 Å². The number of hydrogen-bond donors (Lipinski definition) is 1. The van der Waals surface area contributed by atoms with Crippen LogP contribution in [0.15, 0.2) is 24.3 Å². The van der Waals surface area contributed by atoms with Gasteiger partial charge >= 0.3 is 6.03 Å². The average Bonchev–Trinajstić information content (AvgIpc) is 3.26. The van der Waals surface area contributed by atoms with Gasteiger partial charge in [0.05, 0.1) is 6.54 Å². The molecule has 112 valence electrons. The van der Waals surface area contributed by atoms with Crippen molar-refractivity contribution in [1.29, 1.82) is 0 Å². The van der Waals surface area contributed by atoms with E-state index in [1.54, 1.807) is 24.3 Å². The highest BCUT2D eigenvalue weighted by Gasteiger charge is 2.55. The van der Waals surface area contributed by atoms with Crippen molar-refractivity contribution >= 4 is 23.5 Å². The molecule has 1 N–H and O–H groups in total. The fourth-order valence-electron chi connectivity index (χ4n) is 2.64. The van der Waals surface area contributed by atoms with Crippen LogP contribution in [0.5, 0.6) is 5.75 Å². The number of carbonyl (C=O) groups is 2. The van der Waals surface area contributed by atoms with Crippen molar-refractivity contribution in [3.8, 4) is 5.75 Å². The summed E-state index contributed by atoms with van der Waals surface area (Å²) in [5.41, 5.74) is -0.725. The van der Waals surface area contributed by atoms with Gasteiger partial charge in [-0.2, -0.15) is 0 Å². The smallest absolute Gasteiger partial charge is 0.325 e. The van der Waals surface area contributed by atoms with E-state index in [1.165, 1.54) is 4.90 Å². The maximum absolute atomic E-state index is 12.4. The van der Waals surface area contributed by atoms with Crippen LogP contribution in [0.1, 0.15) is 19.8 Å². The summed E-state index contributed by atoms with van der Waals surface area (Å²) in [5.74, 6) is 0.794. The van der Waals surface area contributed by atoms with Gasteiger partial charge in [-0.1, -0.05) is 11.6 Å². The second-order valence-corrected chi connectivity index (χ2v) is 6.10. The first-order valence-corrected chi connectivity index (χ1v) is 7.41.